The fraction of sp³-hybridized carbons (Fsp3) is 0.0556. The van der Waals surface area contributed by atoms with Crippen LogP contribution in [0.15, 0.2) is 64.8 Å². The Labute approximate surface area is 136 Å². The summed E-state index contributed by atoms with van der Waals surface area (Å²) in [5.74, 6) is 0.514. The van der Waals surface area contributed by atoms with Crippen LogP contribution in [0.1, 0.15) is 11.3 Å². The highest BCUT2D eigenvalue weighted by Crippen LogP contribution is 2.19. The molecule has 0 amide bonds. The number of aromatic nitrogens is 3. The van der Waals surface area contributed by atoms with Gasteiger partial charge in [-0.3, -0.25) is 4.79 Å². The van der Waals surface area contributed by atoms with Crippen molar-refractivity contribution >= 4 is 21.6 Å². The Morgan fingerprint density at radius 1 is 0.957 bits per heavy atom. The summed E-state index contributed by atoms with van der Waals surface area (Å²) in [5, 5.41) is 2.50. The summed E-state index contributed by atoms with van der Waals surface area (Å²) in [6.45, 7) is 0. The van der Waals surface area contributed by atoms with E-state index in [2.05, 4.69) is 27.1 Å². The average Bonchev–Trinajstić information content (AvgIpc) is 3.05. The van der Waals surface area contributed by atoms with Gasteiger partial charge in [0.15, 0.2) is 5.82 Å². The van der Waals surface area contributed by atoms with Crippen LogP contribution in [0.2, 0.25) is 0 Å². The van der Waals surface area contributed by atoms with Crippen LogP contribution in [0.4, 0.5) is 0 Å². The van der Waals surface area contributed by atoms with Crippen LogP contribution in [0.3, 0.4) is 0 Å². The zero-order chi connectivity index (χ0) is 15.6. The van der Waals surface area contributed by atoms with Crippen molar-refractivity contribution in [1.29, 1.82) is 0 Å². The Kier molecular flexibility index (Phi) is 3.48. The Morgan fingerprint density at radius 2 is 1.83 bits per heavy atom. The standard InChI is InChI=1S/C18H13N3OS/c22-17-14-9-10-23-18(14)21-16(20-17)15-8-4-7-13(19-15)11-12-5-2-1-3-6-12/h1-10H,11H2,(H,20,21,22). The number of benzene rings is 1. The lowest BCUT2D eigenvalue weighted by Crippen LogP contribution is -2.08. The van der Waals surface area contributed by atoms with Gasteiger partial charge in [-0.2, -0.15) is 0 Å². The van der Waals surface area contributed by atoms with E-state index in [-0.39, 0.29) is 5.56 Å². The van der Waals surface area contributed by atoms with Gasteiger partial charge in [-0.25, -0.2) is 9.97 Å². The van der Waals surface area contributed by atoms with Crippen molar-refractivity contribution in [2.75, 3.05) is 0 Å². The second-order valence-corrected chi connectivity index (χ2v) is 6.13. The number of thiophene rings is 1. The predicted molar refractivity (Wildman–Crippen MR) is 92.7 cm³/mol. The molecule has 0 aliphatic heterocycles. The molecule has 112 valence electrons. The van der Waals surface area contributed by atoms with Crippen LogP contribution in [0, 0.1) is 0 Å². The van der Waals surface area contributed by atoms with E-state index in [0.29, 0.717) is 16.9 Å². The van der Waals surface area contributed by atoms with Crippen LogP contribution in [-0.4, -0.2) is 15.0 Å². The number of nitrogens with zero attached hydrogens (tertiary/aromatic N) is 2. The van der Waals surface area contributed by atoms with E-state index in [1.807, 2.05) is 41.8 Å². The van der Waals surface area contributed by atoms with Gasteiger partial charge >= 0.3 is 0 Å². The van der Waals surface area contributed by atoms with E-state index in [1.54, 1.807) is 6.07 Å². The third-order valence-corrected chi connectivity index (χ3v) is 4.42. The minimum atomic E-state index is -0.124. The minimum absolute atomic E-state index is 0.124. The molecule has 4 nitrogen and oxygen atoms in total. The summed E-state index contributed by atoms with van der Waals surface area (Å²) in [7, 11) is 0. The smallest absolute Gasteiger partial charge is 0.259 e. The number of hydrogen-bond donors (Lipinski definition) is 1. The van der Waals surface area contributed by atoms with Crippen molar-refractivity contribution in [3.63, 3.8) is 0 Å². The fourth-order valence-electron chi connectivity index (χ4n) is 2.50. The summed E-state index contributed by atoms with van der Waals surface area (Å²) in [6, 6.07) is 17.8. The Hall–Kier alpha value is -2.79. The van der Waals surface area contributed by atoms with Gasteiger partial charge in [-0.1, -0.05) is 36.4 Å². The molecule has 0 saturated carbocycles. The van der Waals surface area contributed by atoms with Crippen LogP contribution in [0.25, 0.3) is 21.7 Å². The van der Waals surface area contributed by atoms with Crippen LogP contribution in [0.5, 0.6) is 0 Å². The fourth-order valence-corrected chi connectivity index (χ4v) is 3.27. The maximum absolute atomic E-state index is 12.1. The van der Waals surface area contributed by atoms with Gasteiger partial charge < -0.3 is 4.98 Å². The van der Waals surface area contributed by atoms with Gasteiger partial charge in [0.1, 0.15) is 10.5 Å². The van der Waals surface area contributed by atoms with Gasteiger partial charge in [-0.15, -0.1) is 11.3 Å². The number of rotatable bonds is 3. The molecule has 5 heteroatoms. The Bertz CT molecular complexity index is 1020. The summed E-state index contributed by atoms with van der Waals surface area (Å²) in [6.07, 6.45) is 0.750. The third-order valence-electron chi connectivity index (χ3n) is 3.61. The van der Waals surface area contributed by atoms with E-state index < -0.39 is 0 Å². The number of nitrogens with one attached hydrogen (secondary N) is 1. The molecule has 0 saturated heterocycles. The molecule has 0 unspecified atom stereocenters. The van der Waals surface area contributed by atoms with Gasteiger partial charge in [-0.05, 0) is 29.1 Å². The number of aromatic amines is 1. The van der Waals surface area contributed by atoms with Crippen molar-refractivity contribution in [3.05, 3.63) is 81.6 Å². The van der Waals surface area contributed by atoms with Crippen molar-refractivity contribution in [2.45, 2.75) is 6.42 Å². The number of pyridine rings is 1. The molecule has 3 aromatic heterocycles. The average molecular weight is 319 g/mol. The van der Waals surface area contributed by atoms with E-state index in [4.69, 9.17) is 0 Å². The Morgan fingerprint density at radius 3 is 2.70 bits per heavy atom. The number of fused-ring (bicyclic) bond motifs is 1. The zero-order valence-corrected chi connectivity index (χ0v) is 13.0. The van der Waals surface area contributed by atoms with Gasteiger partial charge in [0.2, 0.25) is 0 Å². The molecule has 4 aromatic rings. The predicted octanol–water partition coefficient (Wildman–Crippen LogP) is 3.64. The number of hydrogen-bond acceptors (Lipinski definition) is 4. The van der Waals surface area contributed by atoms with Crippen molar-refractivity contribution in [3.8, 4) is 11.5 Å². The Balaban J connectivity index is 1.73. The highest BCUT2D eigenvalue weighted by atomic mass is 32.1. The van der Waals surface area contributed by atoms with Gasteiger partial charge in [0.25, 0.3) is 5.56 Å². The summed E-state index contributed by atoms with van der Waals surface area (Å²) >= 11 is 1.46. The first-order valence-electron chi connectivity index (χ1n) is 7.27. The molecule has 0 spiro atoms. The highest BCUT2D eigenvalue weighted by molar-refractivity contribution is 7.16. The lowest BCUT2D eigenvalue weighted by Gasteiger charge is -2.05. The van der Waals surface area contributed by atoms with Gasteiger partial charge in [0.05, 0.1) is 5.39 Å². The van der Waals surface area contributed by atoms with Crippen molar-refractivity contribution in [1.82, 2.24) is 15.0 Å². The molecule has 0 aliphatic carbocycles. The maximum Gasteiger partial charge on any atom is 0.259 e. The van der Waals surface area contributed by atoms with Crippen LogP contribution < -0.4 is 5.56 Å². The molecule has 23 heavy (non-hydrogen) atoms. The second-order valence-electron chi connectivity index (χ2n) is 5.23. The largest absolute Gasteiger partial charge is 0.305 e. The molecule has 1 N–H and O–H groups in total. The van der Waals surface area contributed by atoms with Crippen molar-refractivity contribution < 1.29 is 0 Å². The lowest BCUT2D eigenvalue weighted by atomic mass is 10.1. The van der Waals surface area contributed by atoms with E-state index in [1.165, 1.54) is 16.9 Å². The van der Waals surface area contributed by atoms with Crippen LogP contribution >= 0.6 is 11.3 Å². The monoisotopic (exact) mass is 319 g/mol. The first-order valence-corrected chi connectivity index (χ1v) is 8.15. The third kappa shape index (κ3) is 2.78. The molecule has 0 aliphatic rings. The SMILES string of the molecule is O=c1[nH]c(-c2cccc(Cc3ccccc3)n2)nc2sccc12. The molecule has 4 rings (SSSR count). The molecule has 1 aromatic carbocycles. The van der Waals surface area contributed by atoms with Gasteiger partial charge in [0, 0.05) is 12.1 Å². The zero-order valence-electron chi connectivity index (χ0n) is 12.2. The van der Waals surface area contributed by atoms with E-state index in [9.17, 15) is 4.79 Å². The topological polar surface area (TPSA) is 58.6 Å². The first-order chi connectivity index (χ1) is 11.3. The minimum Gasteiger partial charge on any atom is -0.305 e. The molecule has 0 atom stereocenters. The first kappa shape index (κ1) is 13.8. The molecular weight excluding hydrogens is 306 g/mol. The second kappa shape index (κ2) is 5.78. The lowest BCUT2D eigenvalue weighted by molar-refractivity contribution is 1.06. The molecule has 0 fully saturated rings. The van der Waals surface area contributed by atoms with E-state index in [0.717, 1.165) is 16.9 Å². The maximum atomic E-state index is 12.1. The normalized spacial score (nSPS) is 11.0. The van der Waals surface area contributed by atoms with Crippen LogP contribution in [-0.2, 0) is 6.42 Å². The highest BCUT2D eigenvalue weighted by Gasteiger charge is 2.08. The molecule has 3 heterocycles. The quantitative estimate of drug-likeness (QED) is 0.627. The molecule has 0 radical (unpaired) electrons. The summed E-state index contributed by atoms with van der Waals surface area (Å²) in [5.41, 5.74) is 2.71. The van der Waals surface area contributed by atoms with E-state index >= 15 is 0 Å². The van der Waals surface area contributed by atoms with Crippen molar-refractivity contribution in [2.24, 2.45) is 0 Å². The summed E-state index contributed by atoms with van der Waals surface area (Å²) < 4.78 is 0. The summed E-state index contributed by atoms with van der Waals surface area (Å²) in [4.78, 5) is 24.8. The number of H-pyrrole nitrogens is 1. The molecular formula is C18H13N3OS. The molecule has 0 bridgehead atoms.